The first-order valence-electron chi connectivity index (χ1n) is 8.87. The Morgan fingerprint density at radius 2 is 1.61 bits per heavy atom. The lowest BCUT2D eigenvalue weighted by atomic mass is 10.2. The Balaban J connectivity index is 1.48. The number of carbonyl (C=O) groups is 1. The van der Waals surface area contributed by atoms with Crippen LogP contribution in [0.25, 0.3) is 0 Å². The number of hydrogen-bond donors (Lipinski definition) is 1. The zero-order chi connectivity index (χ0) is 20.1. The normalized spacial score (nSPS) is 15.4. The molecule has 2 aromatic rings. The van der Waals surface area contributed by atoms with E-state index >= 15 is 0 Å². The standard InChI is InChI=1S/C19H21ClFN3O3S/c20-16-3-1-15(2-4-16)19(25)22-9-14-28(26,27)24-12-10-23(11-13-24)18-7-5-17(21)6-8-18/h1-8H,9-14H2,(H,22,25). The summed E-state index contributed by atoms with van der Waals surface area (Å²) in [6, 6.07) is 12.5. The lowest BCUT2D eigenvalue weighted by Gasteiger charge is -2.35. The van der Waals surface area contributed by atoms with E-state index < -0.39 is 10.0 Å². The maximum atomic E-state index is 13.0. The predicted molar refractivity (Wildman–Crippen MR) is 108 cm³/mol. The Morgan fingerprint density at radius 3 is 2.21 bits per heavy atom. The second-order valence-corrected chi connectivity index (χ2v) is 8.97. The summed E-state index contributed by atoms with van der Waals surface area (Å²) in [6.07, 6.45) is 0. The summed E-state index contributed by atoms with van der Waals surface area (Å²) in [5.41, 5.74) is 1.29. The fourth-order valence-corrected chi connectivity index (χ4v) is 4.47. The van der Waals surface area contributed by atoms with Gasteiger partial charge in [-0.2, -0.15) is 4.31 Å². The number of sulfonamides is 1. The molecule has 3 rings (SSSR count). The van der Waals surface area contributed by atoms with Gasteiger partial charge in [-0.25, -0.2) is 12.8 Å². The highest BCUT2D eigenvalue weighted by molar-refractivity contribution is 7.89. The number of halogens is 2. The topological polar surface area (TPSA) is 69.7 Å². The lowest BCUT2D eigenvalue weighted by molar-refractivity contribution is 0.0956. The summed E-state index contributed by atoms with van der Waals surface area (Å²) in [7, 11) is -3.47. The molecule has 1 heterocycles. The van der Waals surface area contributed by atoms with Gasteiger partial charge in [0.2, 0.25) is 10.0 Å². The van der Waals surface area contributed by atoms with Crippen molar-refractivity contribution in [2.45, 2.75) is 0 Å². The Kier molecular flexibility index (Phi) is 6.53. The van der Waals surface area contributed by atoms with E-state index in [1.807, 2.05) is 4.90 Å². The minimum atomic E-state index is -3.47. The van der Waals surface area contributed by atoms with Crippen molar-refractivity contribution in [3.05, 3.63) is 64.9 Å². The molecular weight excluding hydrogens is 405 g/mol. The fraction of sp³-hybridized carbons (Fsp3) is 0.316. The Bertz CT molecular complexity index is 912. The zero-order valence-electron chi connectivity index (χ0n) is 15.1. The molecule has 2 aromatic carbocycles. The molecule has 1 aliphatic rings. The highest BCUT2D eigenvalue weighted by Crippen LogP contribution is 2.18. The van der Waals surface area contributed by atoms with Crippen LogP contribution in [0.1, 0.15) is 10.4 Å². The molecule has 0 unspecified atom stereocenters. The fourth-order valence-electron chi connectivity index (χ4n) is 3.00. The number of nitrogens with one attached hydrogen (secondary N) is 1. The molecule has 0 aromatic heterocycles. The van der Waals surface area contributed by atoms with E-state index in [1.165, 1.54) is 16.4 Å². The van der Waals surface area contributed by atoms with Crippen molar-refractivity contribution in [1.82, 2.24) is 9.62 Å². The molecule has 0 atom stereocenters. The smallest absolute Gasteiger partial charge is 0.251 e. The van der Waals surface area contributed by atoms with Gasteiger partial charge in [0.1, 0.15) is 5.82 Å². The van der Waals surface area contributed by atoms with Crippen LogP contribution in [0.4, 0.5) is 10.1 Å². The maximum Gasteiger partial charge on any atom is 0.251 e. The molecular formula is C19H21ClFN3O3S. The molecule has 0 radical (unpaired) electrons. The monoisotopic (exact) mass is 425 g/mol. The van der Waals surface area contributed by atoms with Crippen molar-refractivity contribution in [2.75, 3.05) is 43.4 Å². The van der Waals surface area contributed by atoms with Gasteiger partial charge in [-0.05, 0) is 48.5 Å². The number of carbonyl (C=O) groups excluding carboxylic acids is 1. The van der Waals surface area contributed by atoms with Gasteiger partial charge in [-0.3, -0.25) is 4.79 Å². The highest BCUT2D eigenvalue weighted by Gasteiger charge is 2.26. The number of benzene rings is 2. The van der Waals surface area contributed by atoms with Crippen LogP contribution >= 0.6 is 11.6 Å². The van der Waals surface area contributed by atoms with Gasteiger partial charge in [-0.1, -0.05) is 11.6 Å². The van der Waals surface area contributed by atoms with Crippen molar-refractivity contribution in [3.8, 4) is 0 Å². The first-order valence-corrected chi connectivity index (χ1v) is 10.9. The van der Waals surface area contributed by atoms with Crippen molar-refractivity contribution in [1.29, 1.82) is 0 Å². The van der Waals surface area contributed by atoms with Gasteiger partial charge in [0, 0.05) is 49.0 Å². The van der Waals surface area contributed by atoms with E-state index in [4.69, 9.17) is 11.6 Å². The molecule has 0 aliphatic carbocycles. The Labute approximate surface area is 168 Å². The van der Waals surface area contributed by atoms with E-state index in [1.54, 1.807) is 36.4 Å². The van der Waals surface area contributed by atoms with Gasteiger partial charge in [0.05, 0.1) is 5.75 Å². The van der Waals surface area contributed by atoms with Crippen LogP contribution in [-0.4, -0.2) is 57.1 Å². The maximum absolute atomic E-state index is 13.0. The van der Waals surface area contributed by atoms with E-state index in [0.717, 1.165) is 5.69 Å². The van der Waals surface area contributed by atoms with Crippen LogP contribution in [0.15, 0.2) is 48.5 Å². The van der Waals surface area contributed by atoms with Crippen molar-refractivity contribution in [2.24, 2.45) is 0 Å². The second kappa shape index (κ2) is 8.89. The summed E-state index contributed by atoms with van der Waals surface area (Å²) < 4.78 is 39.5. The highest BCUT2D eigenvalue weighted by atomic mass is 35.5. The first-order chi connectivity index (χ1) is 13.3. The molecule has 9 heteroatoms. The minimum Gasteiger partial charge on any atom is -0.369 e. The third kappa shape index (κ3) is 5.21. The summed E-state index contributed by atoms with van der Waals surface area (Å²) in [5.74, 6) is -0.804. The number of piperazine rings is 1. The summed E-state index contributed by atoms with van der Waals surface area (Å²) in [4.78, 5) is 14.1. The molecule has 1 N–H and O–H groups in total. The predicted octanol–water partition coefficient (Wildman–Crippen LogP) is 2.36. The average molecular weight is 426 g/mol. The van der Waals surface area contributed by atoms with Crippen LogP contribution in [0.5, 0.6) is 0 Å². The molecule has 1 aliphatic heterocycles. The third-order valence-electron chi connectivity index (χ3n) is 4.58. The second-order valence-electron chi connectivity index (χ2n) is 6.44. The van der Waals surface area contributed by atoms with Crippen molar-refractivity contribution < 1.29 is 17.6 Å². The number of nitrogens with zero attached hydrogens (tertiary/aromatic N) is 2. The molecule has 0 spiro atoms. The van der Waals surface area contributed by atoms with Crippen LogP contribution in [0.3, 0.4) is 0 Å². The van der Waals surface area contributed by atoms with Crippen LogP contribution in [0, 0.1) is 5.82 Å². The first kappa shape index (κ1) is 20.6. The molecule has 1 saturated heterocycles. The number of rotatable bonds is 6. The van der Waals surface area contributed by atoms with Gasteiger partial charge >= 0.3 is 0 Å². The lowest BCUT2D eigenvalue weighted by Crippen LogP contribution is -2.50. The van der Waals surface area contributed by atoms with Gasteiger partial charge < -0.3 is 10.2 Å². The van der Waals surface area contributed by atoms with Crippen LogP contribution < -0.4 is 10.2 Å². The Hall–Kier alpha value is -2.16. The molecule has 150 valence electrons. The molecule has 1 amide bonds. The van der Waals surface area contributed by atoms with Gasteiger partial charge in [-0.15, -0.1) is 0 Å². The summed E-state index contributed by atoms with van der Waals surface area (Å²) in [6.45, 7) is 1.79. The zero-order valence-corrected chi connectivity index (χ0v) is 16.7. The van der Waals surface area contributed by atoms with E-state index in [-0.39, 0.29) is 24.0 Å². The van der Waals surface area contributed by atoms with Crippen molar-refractivity contribution >= 4 is 33.2 Å². The summed E-state index contributed by atoms with van der Waals surface area (Å²) >= 11 is 5.79. The largest absolute Gasteiger partial charge is 0.369 e. The quantitative estimate of drug-likeness (QED) is 0.771. The molecule has 6 nitrogen and oxygen atoms in total. The van der Waals surface area contributed by atoms with E-state index in [9.17, 15) is 17.6 Å². The molecule has 28 heavy (non-hydrogen) atoms. The average Bonchev–Trinajstić information content (AvgIpc) is 2.69. The number of anilines is 1. The molecule has 1 fully saturated rings. The molecule has 0 saturated carbocycles. The number of hydrogen-bond acceptors (Lipinski definition) is 4. The number of amides is 1. The minimum absolute atomic E-state index is 0.0297. The third-order valence-corrected chi connectivity index (χ3v) is 6.70. The van der Waals surface area contributed by atoms with E-state index in [0.29, 0.717) is 36.8 Å². The SMILES string of the molecule is O=C(NCCS(=O)(=O)N1CCN(c2ccc(F)cc2)CC1)c1ccc(Cl)cc1. The van der Waals surface area contributed by atoms with Crippen molar-refractivity contribution in [3.63, 3.8) is 0 Å². The van der Waals surface area contributed by atoms with E-state index in [2.05, 4.69) is 5.32 Å². The summed E-state index contributed by atoms with van der Waals surface area (Å²) in [5, 5.41) is 3.15. The Morgan fingerprint density at radius 1 is 1.00 bits per heavy atom. The van der Waals surface area contributed by atoms with Gasteiger partial charge in [0.15, 0.2) is 0 Å². The van der Waals surface area contributed by atoms with Crippen LogP contribution in [0.2, 0.25) is 5.02 Å². The van der Waals surface area contributed by atoms with Gasteiger partial charge in [0.25, 0.3) is 5.91 Å². The molecule has 0 bridgehead atoms. The van der Waals surface area contributed by atoms with Crippen LogP contribution in [-0.2, 0) is 10.0 Å².